The van der Waals surface area contributed by atoms with Crippen LogP contribution in [0.5, 0.6) is 11.6 Å². The molecule has 0 bridgehead atoms. The number of benzene rings is 2. The fraction of sp³-hybridized carbons (Fsp3) is 0.200. The van der Waals surface area contributed by atoms with Crippen molar-refractivity contribution in [3.63, 3.8) is 0 Å². The van der Waals surface area contributed by atoms with Crippen molar-refractivity contribution in [2.75, 3.05) is 13.7 Å². The van der Waals surface area contributed by atoms with Gasteiger partial charge in [-0.2, -0.15) is 0 Å². The standard InChI is InChI=1S/C20H19BrN4O4/c1-3-25-16-9-8-12(29-2)10-14(16)18(20(25)28)24-23-17(26)11-22-19(27)13-6-4-5-7-15(13)21/h4-10,28H,3,11H2,1-2H3,(H,22,27). The normalized spacial score (nSPS) is 11.1. The summed E-state index contributed by atoms with van der Waals surface area (Å²) in [4.78, 5) is 24.2. The summed E-state index contributed by atoms with van der Waals surface area (Å²) in [5.41, 5.74) is 1.33. The SMILES string of the molecule is CCn1c(O)c(N=NC(=O)CNC(=O)c2ccccc2Br)c2cc(OC)ccc21. The molecule has 1 aromatic heterocycles. The monoisotopic (exact) mass is 458 g/mol. The number of fused-ring (bicyclic) bond motifs is 1. The minimum Gasteiger partial charge on any atom is -0.497 e. The van der Waals surface area contributed by atoms with Crippen LogP contribution in [0.2, 0.25) is 0 Å². The van der Waals surface area contributed by atoms with Crippen LogP contribution in [0.1, 0.15) is 17.3 Å². The van der Waals surface area contributed by atoms with Gasteiger partial charge in [-0.05, 0) is 53.2 Å². The Hall–Kier alpha value is -3.20. The van der Waals surface area contributed by atoms with E-state index in [0.29, 0.717) is 27.7 Å². The number of ether oxygens (including phenoxy) is 1. The van der Waals surface area contributed by atoms with Crippen molar-refractivity contribution in [1.82, 2.24) is 9.88 Å². The Morgan fingerprint density at radius 1 is 1.24 bits per heavy atom. The lowest BCUT2D eigenvalue weighted by molar-refractivity contribution is -0.117. The third-order valence-corrected chi connectivity index (χ3v) is 5.01. The number of hydrogen-bond donors (Lipinski definition) is 2. The largest absolute Gasteiger partial charge is 0.497 e. The predicted molar refractivity (Wildman–Crippen MR) is 112 cm³/mol. The van der Waals surface area contributed by atoms with Gasteiger partial charge in [0.05, 0.1) is 18.2 Å². The molecule has 0 atom stereocenters. The average Bonchev–Trinajstić information content (AvgIpc) is 3.00. The molecule has 29 heavy (non-hydrogen) atoms. The van der Waals surface area contributed by atoms with Gasteiger partial charge in [0.2, 0.25) is 5.88 Å². The highest BCUT2D eigenvalue weighted by Gasteiger charge is 2.17. The number of nitrogens with zero attached hydrogens (tertiary/aromatic N) is 3. The van der Waals surface area contributed by atoms with Crippen LogP contribution >= 0.6 is 15.9 Å². The smallest absolute Gasteiger partial charge is 0.283 e. The van der Waals surface area contributed by atoms with E-state index < -0.39 is 11.8 Å². The molecule has 1 heterocycles. The number of carbonyl (C=O) groups excluding carboxylic acids is 2. The molecule has 150 valence electrons. The lowest BCUT2D eigenvalue weighted by atomic mass is 10.2. The zero-order chi connectivity index (χ0) is 21.0. The Bertz CT molecular complexity index is 1110. The van der Waals surface area contributed by atoms with Crippen molar-refractivity contribution in [3.8, 4) is 11.6 Å². The first-order chi connectivity index (χ1) is 14.0. The van der Waals surface area contributed by atoms with Gasteiger partial charge in [-0.15, -0.1) is 10.2 Å². The third kappa shape index (κ3) is 4.29. The Kier molecular flexibility index (Phi) is 6.28. The zero-order valence-electron chi connectivity index (χ0n) is 15.8. The second-order valence-electron chi connectivity index (χ2n) is 6.06. The average molecular weight is 459 g/mol. The number of methoxy groups -OCH3 is 1. The third-order valence-electron chi connectivity index (χ3n) is 4.31. The van der Waals surface area contributed by atoms with Gasteiger partial charge < -0.3 is 19.7 Å². The molecule has 2 aromatic carbocycles. The predicted octanol–water partition coefficient (Wildman–Crippen LogP) is 4.18. The first kappa shape index (κ1) is 20.5. The van der Waals surface area contributed by atoms with E-state index in [1.54, 1.807) is 47.0 Å². The summed E-state index contributed by atoms with van der Waals surface area (Å²) in [5.74, 6) is -0.555. The van der Waals surface area contributed by atoms with E-state index in [1.165, 1.54) is 7.11 Å². The van der Waals surface area contributed by atoms with Crippen molar-refractivity contribution in [3.05, 3.63) is 52.5 Å². The van der Waals surface area contributed by atoms with Crippen molar-refractivity contribution in [2.45, 2.75) is 13.5 Å². The van der Waals surface area contributed by atoms with Crippen LogP contribution in [0.25, 0.3) is 10.9 Å². The molecule has 0 saturated carbocycles. The number of azo groups is 1. The lowest BCUT2D eigenvalue weighted by Gasteiger charge is -2.04. The van der Waals surface area contributed by atoms with Gasteiger partial charge in [-0.3, -0.25) is 9.59 Å². The molecule has 9 heteroatoms. The van der Waals surface area contributed by atoms with E-state index >= 15 is 0 Å². The van der Waals surface area contributed by atoms with E-state index in [-0.39, 0.29) is 18.1 Å². The van der Waals surface area contributed by atoms with Crippen molar-refractivity contribution in [1.29, 1.82) is 0 Å². The topological polar surface area (TPSA) is 105 Å². The number of aromatic hydroxyl groups is 1. The second kappa shape index (κ2) is 8.87. The maximum Gasteiger partial charge on any atom is 0.283 e. The minimum absolute atomic E-state index is 0.0930. The summed E-state index contributed by atoms with van der Waals surface area (Å²) in [6.07, 6.45) is 0. The van der Waals surface area contributed by atoms with Crippen LogP contribution in [0.15, 0.2) is 57.2 Å². The van der Waals surface area contributed by atoms with Gasteiger partial charge in [0, 0.05) is 16.4 Å². The van der Waals surface area contributed by atoms with Gasteiger partial charge in [0.1, 0.15) is 12.3 Å². The molecule has 8 nitrogen and oxygen atoms in total. The molecule has 3 aromatic rings. The van der Waals surface area contributed by atoms with E-state index in [1.807, 2.05) is 6.92 Å². The molecular formula is C20H19BrN4O4. The van der Waals surface area contributed by atoms with Gasteiger partial charge in [-0.25, -0.2) is 0 Å². The molecule has 0 aliphatic carbocycles. The number of rotatable bonds is 6. The van der Waals surface area contributed by atoms with Gasteiger partial charge in [0.25, 0.3) is 11.8 Å². The zero-order valence-corrected chi connectivity index (χ0v) is 17.4. The summed E-state index contributed by atoms with van der Waals surface area (Å²) in [5, 5.41) is 21.2. The molecular weight excluding hydrogens is 440 g/mol. The number of hydrogen-bond acceptors (Lipinski definition) is 5. The molecule has 0 unspecified atom stereocenters. The highest BCUT2D eigenvalue weighted by Crippen LogP contribution is 2.40. The van der Waals surface area contributed by atoms with Crippen molar-refractivity contribution >= 4 is 44.3 Å². The minimum atomic E-state index is -0.648. The van der Waals surface area contributed by atoms with Crippen LogP contribution in [0.4, 0.5) is 5.69 Å². The molecule has 0 aliphatic rings. The van der Waals surface area contributed by atoms with Crippen molar-refractivity contribution < 1.29 is 19.4 Å². The summed E-state index contributed by atoms with van der Waals surface area (Å²) in [6, 6.07) is 12.2. The number of amides is 2. The van der Waals surface area contributed by atoms with Gasteiger partial charge in [-0.1, -0.05) is 12.1 Å². The molecule has 0 fully saturated rings. The number of aromatic nitrogens is 1. The summed E-state index contributed by atoms with van der Waals surface area (Å²) < 4.78 is 7.50. The Morgan fingerprint density at radius 3 is 2.69 bits per heavy atom. The quantitative estimate of drug-likeness (QED) is 0.540. The molecule has 2 amide bonds. The van der Waals surface area contributed by atoms with Crippen LogP contribution in [-0.4, -0.2) is 35.1 Å². The maximum absolute atomic E-state index is 12.2. The lowest BCUT2D eigenvalue weighted by Crippen LogP contribution is -2.28. The maximum atomic E-state index is 12.2. The summed E-state index contributed by atoms with van der Waals surface area (Å²) in [6.45, 7) is 2.08. The summed E-state index contributed by atoms with van der Waals surface area (Å²) >= 11 is 3.29. The van der Waals surface area contributed by atoms with Gasteiger partial charge in [0.15, 0.2) is 5.69 Å². The Labute approximate surface area is 175 Å². The van der Waals surface area contributed by atoms with E-state index in [4.69, 9.17) is 4.74 Å². The fourth-order valence-corrected chi connectivity index (χ4v) is 3.35. The molecule has 0 radical (unpaired) electrons. The molecule has 3 rings (SSSR count). The van der Waals surface area contributed by atoms with Crippen LogP contribution < -0.4 is 10.1 Å². The van der Waals surface area contributed by atoms with Crippen LogP contribution in [-0.2, 0) is 11.3 Å². The first-order valence-corrected chi connectivity index (χ1v) is 9.62. The number of nitrogens with one attached hydrogen (secondary N) is 1. The van der Waals surface area contributed by atoms with E-state index in [9.17, 15) is 14.7 Å². The first-order valence-electron chi connectivity index (χ1n) is 8.82. The Morgan fingerprint density at radius 2 is 2.00 bits per heavy atom. The van der Waals surface area contributed by atoms with Crippen molar-refractivity contribution in [2.24, 2.45) is 10.2 Å². The van der Waals surface area contributed by atoms with E-state index in [0.717, 1.165) is 5.52 Å². The van der Waals surface area contributed by atoms with Gasteiger partial charge >= 0.3 is 0 Å². The highest BCUT2D eigenvalue weighted by atomic mass is 79.9. The molecule has 0 saturated heterocycles. The van der Waals surface area contributed by atoms with E-state index in [2.05, 4.69) is 31.5 Å². The number of aryl methyl sites for hydroxylation is 1. The summed E-state index contributed by atoms with van der Waals surface area (Å²) in [7, 11) is 1.54. The molecule has 0 spiro atoms. The molecule has 0 aliphatic heterocycles. The fourth-order valence-electron chi connectivity index (χ4n) is 2.89. The van der Waals surface area contributed by atoms with Crippen LogP contribution in [0.3, 0.4) is 0 Å². The highest BCUT2D eigenvalue weighted by molar-refractivity contribution is 9.10. The second-order valence-corrected chi connectivity index (χ2v) is 6.91. The Balaban J connectivity index is 1.78. The van der Waals surface area contributed by atoms with Crippen LogP contribution in [0, 0.1) is 0 Å². The molecule has 2 N–H and O–H groups in total. The number of halogens is 1. The number of carbonyl (C=O) groups is 2.